The second kappa shape index (κ2) is 63.4. The topological polar surface area (TPSA) is 228 Å². The van der Waals surface area contributed by atoms with Crippen molar-refractivity contribution in [3.05, 3.63) is 97.2 Å². The molecule has 0 saturated carbocycles. The van der Waals surface area contributed by atoms with Gasteiger partial charge < -0.3 is 65.1 Å². The largest absolute Gasteiger partial charge is 0.394 e. The Balaban J connectivity index is 1.58. The quantitative estimate of drug-likeness (QED) is 0.0204. The van der Waals surface area contributed by atoms with Crippen LogP contribution in [0.5, 0.6) is 0 Å². The van der Waals surface area contributed by atoms with Crippen molar-refractivity contribution < 1.29 is 64.6 Å². The zero-order valence-corrected chi connectivity index (χ0v) is 59.4. The van der Waals surface area contributed by atoms with Crippen LogP contribution in [0.3, 0.4) is 0 Å². The Morgan fingerprint density at radius 1 is 0.394 bits per heavy atom. The van der Waals surface area contributed by atoms with Gasteiger partial charge in [-0.05, 0) is 77.0 Å². The van der Waals surface area contributed by atoms with Gasteiger partial charge in [0, 0.05) is 6.42 Å². The second-order valence-corrected chi connectivity index (χ2v) is 26.8. The van der Waals surface area contributed by atoms with Gasteiger partial charge in [-0.1, -0.05) is 323 Å². The summed E-state index contributed by atoms with van der Waals surface area (Å²) in [5, 5.41) is 87.5. The number of unbranched alkanes of at least 4 members (excludes halogenated alkanes) is 36. The van der Waals surface area contributed by atoms with Gasteiger partial charge in [0.25, 0.3) is 0 Å². The molecule has 2 fully saturated rings. The van der Waals surface area contributed by atoms with Crippen LogP contribution >= 0.6 is 0 Å². The molecule has 1 amide bonds. The van der Waals surface area contributed by atoms with Crippen LogP contribution in [0.15, 0.2) is 97.2 Å². The zero-order chi connectivity index (χ0) is 68.0. The van der Waals surface area contributed by atoms with Gasteiger partial charge in [-0.2, -0.15) is 0 Å². The Hall–Kier alpha value is -3.09. The number of nitrogens with one attached hydrogen (secondary N) is 1. The van der Waals surface area contributed by atoms with Crippen molar-refractivity contribution in [2.75, 3.05) is 19.8 Å². The van der Waals surface area contributed by atoms with Crippen molar-refractivity contribution in [3.63, 3.8) is 0 Å². The van der Waals surface area contributed by atoms with Crippen LogP contribution in [-0.4, -0.2) is 140 Å². The number of carbonyl (C=O) groups excluding carboxylic acids is 1. The molecule has 2 rings (SSSR count). The second-order valence-electron chi connectivity index (χ2n) is 26.8. The van der Waals surface area contributed by atoms with Crippen molar-refractivity contribution >= 4 is 5.91 Å². The Labute approximate surface area is 573 Å². The van der Waals surface area contributed by atoms with Crippen LogP contribution in [0.1, 0.15) is 309 Å². The maximum atomic E-state index is 13.4. The first-order valence-electron chi connectivity index (χ1n) is 38.5. The van der Waals surface area contributed by atoms with Crippen molar-refractivity contribution in [1.82, 2.24) is 5.32 Å². The normalized spacial score (nSPS) is 23.0. The van der Waals surface area contributed by atoms with Crippen molar-refractivity contribution in [3.8, 4) is 0 Å². The van der Waals surface area contributed by atoms with Crippen LogP contribution in [0.2, 0.25) is 0 Å². The summed E-state index contributed by atoms with van der Waals surface area (Å²) in [6.07, 6.45) is 73.3. The number of ether oxygens (including phenoxy) is 4. The van der Waals surface area contributed by atoms with Gasteiger partial charge >= 0.3 is 0 Å². The number of hydrogen-bond donors (Lipinski definition) is 9. The molecule has 2 aliphatic heterocycles. The highest BCUT2D eigenvalue weighted by Crippen LogP contribution is 2.30. The van der Waals surface area contributed by atoms with Gasteiger partial charge in [-0.25, -0.2) is 0 Å². The van der Waals surface area contributed by atoms with Gasteiger partial charge in [-0.3, -0.25) is 4.79 Å². The molecule has 0 aromatic heterocycles. The predicted octanol–water partition coefficient (Wildman–Crippen LogP) is 16.9. The van der Waals surface area contributed by atoms with Crippen LogP contribution in [-0.2, 0) is 23.7 Å². The van der Waals surface area contributed by atoms with E-state index >= 15 is 0 Å². The van der Waals surface area contributed by atoms with E-state index in [-0.39, 0.29) is 18.9 Å². The number of hydrogen-bond acceptors (Lipinski definition) is 13. The molecule has 2 aliphatic rings. The summed E-state index contributed by atoms with van der Waals surface area (Å²) in [7, 11) is 0. The van der Waals surface area contributed by atoms with Gasteiger partial charge in [-0.15, -0.1) is 0 Å². The lowest BCUT2D eigenvalue weighted by Gasteiger charge is -2.46. The third-order valence-electron chi connectivity index (χ3n) is 18.3. The summed E-state index contributed by atoms with van der Waals surface area (Å²) < 4.78 is 22.9. The van der Waals surface area contributed by atoms with Gasteiger partial charge in [0.2, 0.25) is 5.91 Å². The van der Waals surface area contributed by atoms with E-state index in [1.807, 2.05) is 6.08 Å². The van der Waals surface area contributed by atoms with Crippen molar-refractivity contribution in [1.29, 1.82) is 0 Å². The smallest absolute Gasteiger partial charge is 0.220 e. The van der Waals surface area contributed by atoms with Gasteiger partial charge in [0.15, 0.2) is 12.6 Å². The maximum Gasteiger partial charge on any atom is 0.220 e. The van der Waals surface area contributed by atoms with E-state index in [9.17, 15) is 45.6 Å². The first-order valence-corrected chi connectivity index (χ1v) is 38.5. The molecular weight excluding hydrogens is 1180 g/mol. The standard InChI is InChI=1S/C80H141NO13/c1-3-5-7-9-11-13-15-17-19-21-23-24-25-26-27-28-29-30-31-32-33-34-35-36-37-38-39-40-41-42-43-44-46-48-50-52-54-56-58-60-62-64-72(85)81-68(69(84)63-61-59-57-55-53-51-49-47-45-22-20-18-16-14-12-10-8-6-4-2)67-91-79-77(90)75(88)78(71(66-83)93-79)94-80-76(89)74(87)73(86)70(65-82)92-80/h5,7,11,13,17,19,23-24,26-27,29-30,32-33,61,63,68-71,73-80,82-84,86-90H,3-4,6,8-10,12,14-16,18,20-22,25,28,31,34-60,62,64-67H2,1-2H3,(H,81,85)/b7-5-,13-11-,19-17-,24-23-,27-26-,30-29-,33-32-,63-61+. The monoisotopic (exact) mass is 1320 g/mol. The molecule has 9 N–H and O–H groups in total. The van der Waals surface area contributed by atoms with E-state index < -0.39 is 86.8 Å². The minimum atomic E-state index is -1.79. The molecule has 2 saturated heterocycles. The Bertz CT molecular complexity index is 1950. The number of aliphatic hydroxyl groups excluding tert-OH is 8. The molecule has 12 atom stereocenters. The lowest BCUT2D eigenvalue weighted by atomic mass is 9.97. The molecule has 14 heteroatoms. The fourth-order valence-electron chi connectivity index (χ4n) is 12.2. The third kappa shape index (κ3) is 46.2. The Morgan fingerprint density at radius 3 is 1.13 bits per heavy atom. The average molecular weight is 1330 g/mol. The molecule has 2 heterocycles. The summed E-state index contributed by atoms with van der Waals surface area (Å²) >= 11 is 0. The van der Waals surface area contributed by atoms with Gasteiger partial charge in [0.05, 0.1) is 32.0 Å². The van der Waals surface area contributed by atoms with Crippen LogP contribution in [0, 0.1) is 0 Å². The molecule has 0 aromatic carbocycles. The molecule has 0 radical (unpaired) electrons. The minimum absolute atomic E-state index is 0.237. The number of allylic oxidation sites excluding steroid dienone is 15. The molecule has 14 nitrogen and oxygen atoms in total. The highest BCUT2D eigenvalue weighted by atomic mass is 16.7. The predicted molar refractivity (Wildman–Crippen MR) is 387 cm³/mol. The zero-order valence-electron chi connectivity index (χ0n) is 59.4. The van der Waals surface area contributed by atoms with Crippen molar-refractivity contribution in [2.45, 2.75) is 383 Å². The van der Waals surface area contributed by atoms with Crippen LogP contribution in [0.25, 0.3) is 0 Å². The lowest BCUT2D eigenvalue weighted by molar-refractivity contribution is -0.359. The fourth-order valence-corrected chi connectivity index (χ4v) is 12.2. The van der Waals surface area contributed by atoms with E-state index in [4.69, 9.17) is 18.9 Å². The van der Waals surface area contributed by atoms with E-state index in [0.29, 0.717) is 6.42 Å². The molecular formula is C80H141NO13. The molecule has 544 valence electrons. The molecule has 0 spiro atoms. The summed E-state index contributed by atoms with van der Waals surface area (Å²) in [4.78, 5) is 13.4. The van der Waals surface area contributed by atoms with E-state index in [1.165, 1.54) is 199 Å². The molecule has 0 bridgehead atoms. The van der Waals surface area contributed by atoms with E-state index in [1.54, 1.807) is 6.08 Å². The third-order valence-corrected chi connectivity index (χ3v) is 18.3. The van der Waals surface area contributed by atoms with E-state index in [2.05, 4.69) is 104 Å². The number of carbonyl (C=O) groups is 1. The SMILES string of the molecule is CC/C=C\C/C=C\C/C=C\C/C=C\C/C=C\C/C=C\C/C=C\CCCCCCCCCCCCCCCCCCCCCC(=O)NC(COC1OC(CO)C(OC2OC(CO)C(O)C(O)C2O)C(O)C1O)C(O)/C=C/CCCCCCCCCCCCCCCCCCC. The van der Waals surface area contributed by atoms with Gasteiger partial charge in [0.1, 0.15) is 48.8 Å². The summed E-state index contributed by atoms with van der Waals surface area (Å²) in [5.41, 5.74) is 0. The van der Waals surface area contributed by atoms with Crippen LogP contribution in [0.4, 0.5) is 0 Å². The Kier molecular flexibility index (Phi) is 58.6. The Morgan fingerprint density at radius 2 is 0.734 bits per heavy atom. The minimum Gasteiger partial charge on any atom is -0.394 e. The van der Waals surface area contributed by atoms with Crippen molar-refractivity contribution in [2.24, 2.45) is 0 Å². The molecule has 0 aromatic rings. The molecule has 12 unspecified atom stereocenters. The summed E-state index contributed by atoms with van der Waals surface area (Å²) in [6, 6.07) is -0.918. The molecule has 94 heavy (non-hydrogen) atoms. The maximum absolute atomic E-state index is 13.4. The highest BCUT2D eigenvalue weighted by Gasteiger charge is 2.51. The highest BCUT2D eigenvalue weighted by molar-refractivity contribution is 5.76. The average Bonchev–Trinajstić information content (AvgIpc) is 0.794. The van der Waals surface area contributed by atoms with Crippen LogP contribution < -0.4 is 5.32 Å². The number of amides is 1. The first-order chi connectivity index (χ1) is 46.1. The summed E-state index contributed by atoms with van der Waals surface area (Å²) in [5.74, 6) is -0.237. The lowest BCUT2D eigenvalue weighted by Crippen LogP contribution is -2.65. The first kappa shape index (κ1) is 87.0. The molecule has 0 aliphatic carbocycles. The number of rotatable bonds is 63. The number of aliphatic hydroxyl groups is 8. The summed E-state index contributed by atoms with van der Waals surface area (Å²) in [6.45, 7) is 2.72. The van der Waals surface area contributed by atoms with E-state index in [0.717, 1.165) is 83.5 Å². The fraction of sp³-hybridized carbons (Fsp3) is 0.787.